The summed E-state index contributed by atoms with van der Waals surface area (Å²) in [6, 6.07) is 5.06. The lowest BCUT2D eigenvalue weighted by atomic mass is 9.99. The molecule has 1 aliphatic rings. The summed E-state index contributed by atoms with van der Waals surface area (Å²) in [7, 11) is 3.03. The van der Waals surface area contributed by atoms with Crippen LogP contribution < -0.4 is 9.47 Å². The lowest BCUT2D eigenvalue weighted by molar-refractivity contribution is -0.141. The number of hydrogen-bond acceptors (Lipinski definition) is 6. The third-order valence-corrected chi connectivity index (χ3v) is 3.75. The van der Waals surface area contributed by atoms with Crippen LogP contribution in [0.4, 0.5) is 0 Å². The first-order valence-electron chi connectivity index (χ1n) is 7.75. The maximum absolute atomic E-state index is 12.5. The van der Waals surface area contributed by atoms with Crippen molar-refractivity contribution in [3.05, 3.63) is 35.1 Å². The highest BCUT2D eigenvalue weighted by molar-refractivity contribution is 6.19. The number of Topliss-reactive ketones (excluding diaryl/α,β-unsaturated/α-hetero) is 1. The molecule has 2 rings (SSSR count). The van der Waals surface area contributed by atoms with Crippen molar-refractivity contribution in [2.75, 3.05) is 14.2 Å². The van der Waals surface area contributed by atoms with Crippen molar-refractivity contribution < 1.29 is 28.9 Å². The number of carbonyl (C=O) groups excluding carboxylic acids is 2. The van der Waals surface area contributed by atoms with E-state index >= 15 is 0 Å². The van der Waals surface area contributed by atoms with Crippen LogP contribution in [0, 0.1) is 5.92 Å². The molecule has 1 unspecified atom stereocenters. The summed E-state index contributed by atoms with van der Waals surface area (Å²) in [5, 5.41) is 10.2. The number of ether oxygens (including phenoxy) is 3. The second kappa shape index (κ2) is 7.38. The van der Waals surface area contributed by atoms with Crippen molar-refractivity contribution in [2.45, 2.75) is 32.8 Å². The fourth-order valence-electron chi connectivity index (χ4n) is 2.60. The Hall–Kier alpha value is -2.50. The molecule has 0 saturated carbocycles. The van der Waals surface area contributed by atoms with E-state index in [2.05, 4.69) is 0 Å². The van der Waals surface area contributed by atoms with Crippen LogP contribution >= 0.6 is 0 Å². The smallest absolute Gasteiger partial charge is 0.346 e. The molecule has 1 aromatic carbocycles. The van der Waals surface area contributed by atoms with Crippen LogP contribution in [0.25, 0.3) is 0 Å². The molecule has 0 aromatic heterocycles. The largest absolute Gasteiger partial charge is 0.507 e. The number of aliphatic hydroxyl groups is 1. The van der Waals surface area contributed by atoms with Crippen molar-refractivity contribution in [2.24, 2.45) is 5.92 Å². The summed E-state index contributed by atoms with van der Waals surface area (Å²) >= 11 is 0. The van der Waals surface area contributed by atoms with Gasteiger partial charge in [-0.05, 0) is 30.0 Å². The number of hydrogen-bond donors (Lipinski definition) is 1. The summed E-state index contributed by atoms with van der Waals surface area (Å²) in [6.07, 6.45) is -0.325. The molecule has 1 heterocycles. The Bertz CT molecular complexity index is 652. The second-order valence-electron chi connectivity index (χ2n) is 6.10. The zero-order valence-electron chi connectivity index (χ0n) is 14.3. The van der Waals surface area contributed by atoms with Gasteiger partial charge in [-0.25, -0.2) is 4.79 Å². The molecule has 0 spiro atoms. The molecular weight excluding hydrogens is 312 g/mol. The standard InChI is InChI=1S/C18H22O6/c1-10(2)5-15-17(20)16(18(21)24-15)14(19)8-11-6-12(22-3)9-13(7-11)23-4/h6-7,9-10,15,20H,5,8H2,1-4H3. The fraction of sp³-hybridized carbons (Fsp3) is 0.444. The van der Waals surface area contributed by atoms with E-state index in [1.165, 1.54) is 14.2 Å². The summed E-state index contributed by atoms with van der Waals surface area (Å²) < 4.78 is 15.4. The van der Waals surface area contributed by atoms with Crippen molar-refractivity contribution in [1.82, 2.24) is 0 Å². The van der Waals surface area contributed by atoms with Crippen LogP contribution in [0.5, 0.6) is 11.5 Å². The Morgan fingerprint density at radius 3 is 2.29 bits per heavy atom. The van der Waals surface area contributed by atoms with E-state index in [9.17, 15) is 14.7 Å². The molecule has 1 aliphatic heterocycles. The normalized spacial score (nSPS) is 17.2. The van der Waals surface area contributed by atoms with Crippen LogP contribution in [0.3, 0.4) is 0 Å². The predicted octanol–water partition coefficient (Wildman–Crippen LogP) is 2.60. The number of esters is 1. The minimum absolute atomic E-state index is 0.0591. The Morgan fingerprint density at radius 1 is 1.21 bits per heavy atom. The number of methoxy groups -OCH3 is 2. The maximum atomic E-state index is 12.5. The summed E-state index contributed by atoms with van der Waals surface area (Å²) in [5.74, 6) is -0.211. The quantitative estimate of drug-likeness (QED) is 0.610. The summed E-state index contributed by atoms with van der Waals surface area (Å²) in [6.45, 7) is 3.90. The first kappa shape index (κ1) is 17.8. The first-order chi connectivity index (χ1) is 11.3. The molecule has 0 radical (unpaired) electrons. The predicted molar refractivity (Wildman–Crippen MR) is 87.2 cm³/mol. The highest BCUT2D eigenvalue weighted by Gasteiger charge is 2.38. The SMILES string of the molecule is COc1cc(CC(=O)C2=C(O)C(CC(C)C)OC2=O)cc(OC)c1. The molecule has 6 heteroatoms. The minimum atomic E-state index is -0.766. The Kier molecular flexibility index (Phi) is 5.49. The zero-order chi connectivity index (χ0) is 17.9. The average Bonchev–Trinajstić information content (AvgIpc) is 2.80. The Balaban J connectivity index is 2.23. The van der Waals surface area contributed by atoms with Gasteiger partial charge < -0.3 is 19.3 Å². The summed E-state index contributed by atoms with van der Waals surface area (Å²) in [5.41, 5.74) is 0.360. The highest BCUT2D eigenvalue weighted by atomic mass is 16.6. The van der Waals surface area contributed by atoms with Crippen molar-refractivity contribution >= 4 is 11.8 Å². The molecule has 0 fully saturated rings. The van der Waals surface area contributed by atoms with E-state index in [0.717, 1.165) is 0 Å². The first-order valence-corrected chi connectivity index (χ1v) is 7.75. The van der Waals surface area contributed by atoms with Crippen LogP contribution in [-0.2, 0) is 20.7 Å². The molecule has 0 aliphatic carbocycles. The topological polar surface area (TPSA) is 82.1 Å². The number of rotatable bonds is 7. The minimum Gasteiger partial charge on any atom is -0.507 e. The molecule has 1 atom stereocenters. The third-order valence-electron chi connectivity index (χ3n) is 3.75. The van der Waals surface area contributed by atoms with Gasteiger partial charge in [0.1, 0.15) is 17.1 Å². The van der Waals surface area contributed by atoms with Gasteiger partial charge in [0, 0.05) is 12.5 Å². The molecule has 1 aromatic rings. The van der Waals surface area contributed by atoms with Gasteiger partial charge in [-0.3, -0.25) is 4.79 Å². The van der Waals surface area contributed by atoms with E-state index < -0.39 is 17.9 Å². The summed E-state index contributed by atoms with van der Waals surface area (Å²) in [4.78, 5) is 24.4. The zero-order valence-corrected chi connectivity index (χ0v) is 14.3. The molecule has 0 saturated heterocycles. The molecule has 24 heavy (non-hydrogen) atoms. The maximum Gasteiger partial charge on any atom is 0.346 e. The lowest BCUT2D eigenvalue weighted by Crippen LogP contribution is -2.14. The van der Waals surface area contributed by atoms with Crippen LogP contribution in [0.15, 0.2) is 29.5 Å². The van der Waals surface area contributed by atoms with E-state index in [-0.39, 0.29) is 23.7 Å². The van der Waals surface area contributed by atoms with E-state index in [1.54, 1.807) is 18.2 Å². The van der Waals surface area contributed by atoms with Crippen molar-refractivity contribution in [3.63, 3.8) is 0 Å². The number of benzene rings is 1. The van der Waals surface area contributed by atoms with Gasteiger partial charge in [-0.15, -0.1) is 0 Å². The molecule has 130 valence electrons. The average molecular weight is 334 g/mol. The molecule has 0 amide bonds. The van der Waals surface area contributed by atoms with Crippen LogP contribution in [0.2, 0.25) is 0 Å². The van der Waals surface area contributed by atoms with Crippen molar-refractivity contribution in [1.29, 1.82) is 0 Å². The number of cyclic esters (lactones) is 1. The van der Waals surface area contributed by atoms with Gasteiger partial charge in [0.05, 0.1) is 14.2 Å². The Morgan fingerprint density at radius 2 is 1.79 bits per heavy atom. The van der Waals surface area contributed by atoms with Crippen LogP contribution in [0.1, 0.15) is 25.8 Å². The molecule has 0 bridgehead atoms. The van der Waals surface area contributed by atoms with E-state index in [1.807, 2.05) is 13.8 Å². The van der Waals surface area contributed by atoms with Gasteiger partial charge in [-0.2, -0.15) is 0 Å². The Labute approximate surface area is 141 Å². The van der Waals surface area contributed by atoms with E-state index in [4.69, 9.17) is 14.2 Å². The van der Waals surface area contributed by atoms with Crippen molar-refractivity contribution in [3.8, 4) is 11.5 Å². The van der Waals surface area contributed by atoms with Gasteiger partial charge in [0.25, 0.3) is 0 Å². The number of aliphatic hydroxyl groups excluding tert-OH is 1. The van der Waals surface area contributed by atoms with Gasteiger partial charge in [0.2, 0.25) is 0 Å². The van der Waals surface area contributed by atoms with Gasteiger partial charge >= 0.3 is 5.97 Å². The number of ketones is 1. The number of carbonyl (C=O) groups is 2. The lowest BCUT2D eigenvalue weighted by Gasteiger charge is -2.11. The molecule has 6 nitrogen and oxygen atoms in total. The highest BCUT2D eigenvalue weighted by Crippen LogP contribution is 2.28. The third kappa shape index (κ3) is 3.88. The monoisotopic (exact) mass is 334 g/mol. The molecule has 1 N–H and O–H groups in total. The van der Waals surface area contributed by atoms with Gasteiger partial charge in [-0.1, -0.05) is 13.8 Å². The van der Waals surface area contributed by atoms with Crippen LogP contribution in [-0.4, -0.2) is 37.2 Å². The second-order valence-corrected chi connectivity index (χ2v) is 6.10. The van der Waals surface area contributed by atoms with E-state index in [0.29, 0.717) is 23.5 Å². The van der Waals surface area contributed by atoms with Gasteiger partial charge in [0.15, 0.2) is 17.6 Å². The molecular formula is C18H22O6. The fourth-order valence-corrected chi connectivity index (χ4v) is 2.60.